The smallest absolute Gasteiger partial charge is 0.294 e. The van der Waals surface area contributed by atoms with Crippen LogP contribution in [0.5, 0.6) is 5.75 Å². The zero-order chi connectivity index (χ0) is 23.5. The Morgan fingerprint density at radius 1 is 1.18 bits per heavy atom. The molecule has 10 heteroatoms. The topological polar surface area (TPSA) is 66.9 Å². The number of imide groups is 1. The first kappa shape index (κ1) is 23.8. The molecule has 0 spiro atoms. The van der Waals surface area contributed by atoms with Crippen LogP contribution in [0, 0.1) is 5.82 Å². The lowest BCUT2D eigenvalue weighted by atomic mass is 10.2. The molecule has 2 aliphatic heterocycles. The minimum absolute atomic E-state index is 0.196. The Balaban J connectivity index is 1.45. The Morgan fingerprint density at radius 3 is 2.55 bits per heavy atom. The van der Waals surface area contributed by atoms with Crippen molar-refractivity contribution in [2.75, 3.05) is 19.6 Å². The fraction of sp³-hybridized carbons (Fsp3) is 0.261. The highest BCUT2D eigenvalue weighted by atomic mass is 79.9. The van der Waals surface area contributed by atoms with Gasteiger partial charge in [0.15, 0.2) is 5.75 Å². The van der Waals surface area contributed by atoms with Gasteiger partial charge in [0.05, 0.1) is 14.4 Å². The molecule has 0 radical (unpaired) electrons. The van der Waals surface area contributed by atoms with Crippen molar-refractivity contribution in [1.29, 1.82) is 0 Å². The second kappa shape index (κ2) is 10.3. The molecule has 172 valence electrons. The molecule has 0 bridgehead atoms. The van der Waals surface area contributed by atoms with E-state index in [4.69, 9.17) is 16.3 Å². The third-order valence-electron chi connectivity index (χ3n) is 5.24. The normalized spacial score (nSPS) is 17.4. The third-order valence-corrected chi connectivity index (χ3v) is 7.02. The Hall–Kier alpha value is -2.36. The molecule has 0 saturated carbocycles. The predicted octanol–water partition coefficient (Wildman–Crippen LogP) is 5.48. The molecule has 2 aliphatic rings. The summed E-state index contributed by atoms with van der Waals surface area (Å²) in [5.41, 5.74) is 1.37. The van der Waals surface area contributed by atoms with E-state index in [1.165, 1.54) is 12.1 Å². The molecule has 33 heavy (non-hydrogen) atoms. The van der Waals surface area contributed by atoms with Crippen molar-refractivity contribution in [2.24, 2.45) is 0 Å². The van der Waals surface area contributed by atoms with Gasteiger partial charge in [-0.05, 0) is 82.0 Å². The van der Waals surface area contributed by atoms with E-state index < -0.39 is 11.1 Å². The molecule has 3 amide bonds. The molecule has 2 aromatic rings. The van der Waals surface area contributed by atoms with E-state index in [2.05, 4.69) is 15.9 Å². The number of halogens is 3. The molecule has 2 aromatic carbocycles. The van der Waals surface area contributed by atoms with E-state index in [-0.39, 0.29) is 29.8 Å². The molecule has 0 aromatic heterocycles. The molecule has 0 aliphatic carbocycles. The number of ether oxygens (including phenoxy) is 1. The summed E-state index contributed by atoms with van der Waals surface area (Å²) in [6.07, 6.45) is 3.44. The summed E-state index contributed by atoms with van der Waals surface area (Å²) in [5.74, 6) is -0.638. The van der Waals surface area contributed by atoms with Crippen LogP contribution in [-0.2, 0) is 16.2 Å². The van der Waals surface area contributed by atoms with Crippen LogP contribution in [0.3, 0.4) is 0 Å². The zero-order valence-corrected chi connectivity index (χ0v) is 20.5. The fourth-order valence-electron chi connectivity index (χ4n) is 3.53. The van der Waals surface area contributed by atoms with Gasteiger partial charge < -0.3 is 9.64 Å². The highest BCUT2D eigenvalue weighted by molar-refractivity contribution is 9.10. The fourth-order valence-corrected chi connectivity index (χ4v) is 5.35. The largest absolute Gasteiger partial charge is 0.486 e. The summed E-state index contributed by atoms with van der Waals surface area (Å²) in [6, 6.07) is 9.28. The lowest BCUT2D eigenvalue weighted by molar-refractivity contribution is -0.135. The van der Waals surface area contributed by atoms with Crippen LogP contribution in [-0.4, -0.2) is 46.5 Å². The molecule has 6 nitrogen and oxygen atoms in total. The van der Waals surface area contributed by atoms with Crippen LogP contribution in [0.1, 0.15) is 24.0 Å². The monoisotopic (exact) mass is 552 g/mol. The maximum atomic E-state index is 13.1. The van der Waals surface area contributed by atoms with Crippen LogP contribution in [0.15, 0.2) is 45.8 Å². The highest BCUT2D eigenvalue weighted by Gasteiger charge is 2.37. The second-order valence-corrected chi connectivity index (χ2v) is 9.84. The van der Waals surface area contributed by atoms with Crippen LogP contribution < -0.4 is 4.74 Å². The number of hydrogen-bond acceptors (Lipinski definition) is 5. The van der Waals surface area contributed by atoms with Crippen molar-refractivity contribution in [2.45, 2.75) is 19.4 Å². The van der Waals surface area contributed by atoms with Crippen molar-refractivity contribution in [3.8, 4) is 5.75 Å². The van der Waals surface area contributed by atoms with E-state index in [1.54, 1.807) is 35.2 Å². The van der Waals surface area contributed by atoms with Gasteiger partial charge in [0.2, 0.25) is 5.91 Å². The van der Waals surface area contributed by atoms with Crippen molar-refractivity contribution >= 4 is 62.4 Å². The maximum Gasteiger partial charge on any atom is 0.294 e. The van der Waals surface area contributed by atoms with Crippen LogP contribution in [0.2, 0.25) is 5.02 Å². The van der Waals surface area contributed by atoms with Crippen molar-refractivity contribution in [3.05, 3.63) is 67.7 Å². The van der Waals surface area contributed by atoms with E-state index >= 15 is 0 Å². The number of thioether (sulfide) groups is 1. The van der Waals surface area contributed by atoms with Gasteiger partial charge in [-0.25, -0.2) is 4.39 Å². The SMILES string of the molecule is O=C(CN1C(=O)S/C(=C/c2cc(Cl)c(OCc3ccc(F)cc3)c(Br)c2)C1=O)N1CCCC1. The number of benzene rings is 2. The molecular formula is C23H19BrClFN2O4S. The van der Waals surface area contributed by atoms with E-state index in [9.17, 15) is 18.8 Å². The van der Waals surface area contributed by atoms with Crippen molar-refractivity contribution < 1.29 is 23.5 Å². The van der Waals surface area contributed by atoms with Crippen LogP contribution in [0.4, 0.5) is 9.18 Å². The minimum Gasteiger partial charge on any atom is -0.486 e. The summed E-state index contributed by atoms with van der Waals surface area (Å²) < 4.78 is 19.4. The highest BCUT2D eigenvalue weighted by Crippen LogP contribution is 2.38. The Labute approximate surface area is 207 Å². The lowest BCUT2D eigenvalue weighted by Crippen LogP contribution is -2.40. The first-order valence-corrected chi connectivity index (χ1v) is 12.2. The standard InChI is InChI=1S/C23H19BrClFN2O4S/c24-17-9-15(10-18(25)21(17)32-13-14-3-5-16(26)6-4-14)11-19-22(30)28(23(31)33-19)12-20(29)27-7-1-2-8-27/h3-6,9-11H,1-2,7-8,12-13H2/b19-11+. The molecule has 0 atom stereocenters. The number of hydrogen-bond donors (Lipinski definition) is 0. The van der Waals surface area contributed by atoms with E-state index in [0.29, 0.717) is 33.9 Å². The third kappa shape index (κ3) is 5.59. The average Bonchev–Trinajstić information content (AvgIpc) is 3.39. The second-order valence-electron chi connectivity index (χ2n) is 7.58. The summed E-state index contributed by atoms with van der Waals surface area (Å²) in [6.45, 7) is 1.27. The number of likely N-dealkylation sites (tertiary alicyclic amines) is 1. The molecule has 0 N–H and O–H groups in total. The van der Waals surface area contributed by atoms with Gasteiger partial charge in [-0.2, -0.15) is 0 Å². The number of amides is 3. The summed E-state index contributed by atoms with van der Waals surface area (Å²) in [4.78, 5) is 40.3. The van der Waals surface area contributed by atoms with Crippen LogP contribution in [0.25, 0.3) is 6.08 Å². The molecule has 0 unspecified atom stereocenters. The zero-order valence-electron chi connectivity index (χ0n) is 17.4. The molecule has 4 rings (SSSR count). The predicted molar refractivity (Wildman–Crippen MR) is 128 cm³/mol. The summed E-state index contributed by atoms with van der Waals surface area (Å²) in [7, 11) is 0. The van der Waals surface area contributed by atoms with Crippen molar-refractivity contribution in [1.82, 2.24) is 9.80 Å². The Kier molecular flexibility index (Phi) is 7.41. The van der Waals surface area contributed by atoms with Gasteiger partial charge in [0.1, 0.15) is 19.0 Å². The number of carbonyl (C=O) groups is 3. The number of rotatable bonds is 6. The van der Waals surface area contributed by atoms with Crippen LogP contribution >= 0.6 is 39.3 Å². The van der Waals surface area contributed by atoms with Gasteiger partial charge in [-0.1, -0.05) is 23.7 Å². The lowest BCUT2D eigenvalue weighted by Gasteiger charge is -2.18. The maximum absolute atomic E-state index is 13.1. The number of carbonyl (C=O) groups excluding carboxylic acids is 3. The minimum atomic E-state index is -0.499. The average molecular weight is 554 g/mol. The summed E-state index contributed by atoms with van der Waals surface area (Å²) >= 11 is 10.6. The van der Waals surface area contributed by atoms with Crippen molar-refractivity contribution in [3.63, 3.8) is 0 Å². The first-order valence-electron chi connectivity index (χ1n) is 10.2. The van der Waals surface area contributed by atoms with E-state index in [1.807, 2.05) is 0 Å². The molecular weight excluding hydrogens is 535 g/mol. The Morgan fingerprint density at radius 2 is 1.88 bits per heavy atom. The van der Waals surface area contributed by atoms with Gasteiger partial charge in [0.25, 0.3) is 11.1 Å². The van der Waals surface area contributed by atoms with Gasteiger partial charge in [0, 0.05) is 13.1 Å². The molecule has 2 saturated heterocycles. The van der Waals surface area contributed by atoms with Gasteiger partial charge in [-0.3, -0.25) is 19.3 Å². The summed E-state index contributed by atoms with van der Waals surface area (Å²) in [5, 5.41) is -0.163. The number of nitrogens with zero attached hydrogens (tertiary/aromatic N) is 2. The van der Waals surface area contributed by atoms with Gasteiger partial charge >= 0.3 is 0 Å². The first-order chi connectivity index (χ1) is 15.8. The quantitative estimate of drug-likeness (QED) is 0.443. The van der Waals surface area contributed by atoms with Gasteiger partial charge in [-0.15, -0.1) is 0 Å². The molecule has 2 heterocycles. The molecule has 2 fully saturated rings. The van der Waals surface area contributed by atoms with E-state index in [0.717, 1.165) is 35.1 Å². The Bertz CT molecular complexity index is 1110.